The van der Waals surface area contributed by atoms with E-state index in [1.807, 2.05) is 0 Å². The summed E-state index contributed by atoms with van der Waals surface area (Å²) in [5.74, 6) is -1.17. The molecule has 1 atom stereocenters. The van der Waals surface area contributed by atoms with Crippen LogP contribution in [-0.4, -0.2) is 29.9 Å². The number of carbonyl (C=O) groups excluding carboxylic acids is 2. The maximum absolute atomic E-state index is 12.3. The fourth-order valence-corrected chi connectivity index (χ4v) is 2.35. The van der Waals surface area contributed by atoms with Gasteiger partial charge in [0.05, 0.1) is 17.6 Å². The highest BCUT2D eigenvalue weighted by Crippen LogP contribution is 2.28. The number of Topliss-reactive ketones (excluding diaryl/α,β-unsaturated/α-hetero) is 1. The van der Waals surface area contributed by atoms with E-state index in [0.29, 0.717) is 5.56 Å². The summed E-state index contributed by atoms with van der Waals surface area (Å²) >= 11 is 3.27. The summed E-state index contributed by atoms with van der Waals surface area (Å²) in [6.07, 6.45) is -1.03. The number of ketones is 1. The average Bonchev–Trinajstić information content (AvgIpc) is 2.60. The van der Waals surface area contributed by atoms with Crippen LogP contribution in [0.25, 0.3) is 0 Å². The monoisotopic (exact) mass is 407 g/mol. The van der Waals surface area contributed by atoms with Crippen LogP contribution in [0.2, 0.25) is 0 Å². The van der Waals surface area contributed by atoms with Crippen molar-refractivity contribution in [1.82, 2.24) is 0 Å². The van der Waals surface area contributed by atoms with Crippen molar-refractivity contribution in [3.8, 4) is 5.75 Å². The second-order valence-electron chi connectivity index (χ2n) is 5.06. The predicted molar refractivity (Wildman–Crippen MR) is 93.0 cm³/mol. The summed E-state index contributed by atoms with van der Waals surface area (Å²) in [6, 6.07) is 10.3. The maximum atomic E-state index is 12.3. The van der Waals surface area contributed by atoms with Crippen molar-refractivity contribution in [1.29, 1.82) is 0 Å². The van der Waals surface area contributed by atoms with Crippen LogP contribution in [0.5, 0.6) is 5.75 Å². The number of nitro benzene ring substituents is 1. The lowest BCUT2D eigenvalue weighted by Crippen LogP contribution is -2.24. The van der Waals surface area contributed by atoms with Crippen molar-refractivity contribution in [3.63, 3.8) is 0 Å². The van der Waals surface area contributed by atoms with Gasteiger partial charge in [-0.15, -0.1) is 0 Å². The molecule has 0 aliphatic rings. The first-order valence-corrected chi connectivity index (χ1v) is 7.96. The minimum atomic E-state index is -1.03. The van der Waals surface area contributed by atoms with Crippen LogP contribution in [0.3, 0.4) is 0 Å². The quantitative estimate of drug-likeness (QED) is 0.312. The molecule has 0 heterocycles. The van der Waals surface area contributed by atoms with Crippen LogP contribution in [0.15, 0.2) is 46.9 Å². The van der Waals surface area contributed by atoms with Crippen LogP contribution < -0.4 is 4.74 Å². The van der Waals surface area contributed by atoms with E-state index in [4.69, 9.17) is 9.47 Å². The van der Waals surface area contributed by atoms with Gasteiger partial charge < -0.3 is 9.47 Å². The largest absolute Gasteiger partial charge is 0.490 e. The summed E-state index contributed by atoms with van der Waals surface area (Å²) in [6.45, 7) is 1.44. The van der Waals surface area contributed by atoms with E-state index in [-0.39, 0.29) is 22.8 Å². The van der Waals surface area contributed by atoms with E-state index in [1.54, 1.807) is 24.3 Å². The summed E-state index contributed by atoms with van der Waals surface area (Å²) < 4.78 is 10.8. The van der Waals surface area contributed by atoms with Crippen LogP contribution in [0, 0.1) is 10.1 Å². The number of nitro groups is 1. The Bertz CT molecular complexity index is 818. The minimum absolute atomic E-state index is 0.0283. The molecule has 0 unspecified atom stereocenters. The van der Waals surface area contributed by atoms with Crippen molar-refractivity contribution in [2.24, 2.45) is 0 Å². The molecule has 25 heavy (non-hydrogen) atoms. The zero-order valence-electron chi connectivity index (χ0n) is 13.4. The number of halogens is 1. The zero-order valence-corrected chi connectivity index (χ0v) is 15.0. The van der Waals surface area contributed by atoms with Gasteiger partial charge in [-0.05, 0) is 31.2 Å². The molecule has 8 heteroatoms. The third-order valence-electron chi connectivity index (χ3n) is 3.39. The van der Waals surface area contributed by atoms with E-state index < -0.39 is 17.0 Å². The van der Waals surface area contributed by atoms with E-state index in [1.165, 1.54) is 26.2 Å². The summed E-state index contributed by atoms with van der Waals surface area (Å²) in [5.41, 5.74) is -0.00370. The number of hydrogen-bond donors (Lipinski definition) is 0. The van der Waals surface area contributed by atoms with Gasteiger partial charge in [0.25, 0.3) is 0 Å². The maximum Gasteiger partial charge on any atom is 0.339 e. The number of hydrogen-bond acceptors (Lipinski definition) is 6. The minimum Gasteiger partial charge on any atom is -0.490 e. The SMILES string of the molecule is COc1ccc(C(=O)O[C@H](C)C(=O)c2ccc(Br)cc2)cc1[N+](=O)[O-]. The van der Waals surface area contributed by atoms with Gasteiger partial charge in [0.2, 0.25) is 5.78 Å². The molecule has 2 rings (SSSR count). The van der Waals surface area contributed by atoms with Crippen molar-refractivity contribution in [2.75, 3.05) is 7.11 Å². The lowest BCUT2D eigenvalue weighted by molar-refractivity contribution is -0.385. The van der Waals surface area contributed by atoms with Crippen molar-refractivity contribution in [3.05, 3.63) is 68.2 Å². The summed E-state index contributed by atoms with van der Waals surface area (Å²) in [7, 11) is 1.29. The predicted octanol–water partition coefficient (Wildman–Crippen LogP) is 3.79. The van der Waals surface area contributed by atoms with Crippen molar-refractivity contribution < 1.29 is 24.0 Å². The lowest BCUT2D eigenvalue weighted by atomic mass is 10.1. The van der Waals surface area contributed by atoms with Crippen LogP contribution in [-0.2, 0) is 4.74 Å². The lowest BCUT2D eigenvalue weighted by Gasteiger charge is -2.12. The smallest absolute Gasteiger partial charge is 0.339 e. The van der Waals surface area contributed by atoms with Gasteiger partial charge in [-0.25, -0.2) is 4.79 Å². The molecular formula is C17H14BrNO6. The molecule has 0 spiro atoms. The molecule has 2 aromatic carbocycles. The van der Waals surface area contributed by atoms with E-state index in [2.05, 4.69) is 15.9 Å². The fraction of sp³-hybridized carbons (Fsp3) is 0.176. The number of nitrogens with zero attached hydrogens (tertiary/aromatic N) is 1. The Labute approximate surface area is 151 Å². The number of benzene rings is 2. The van der Waals surface area contributed by atoms with Crippen LogP contribution in [0.4, 0.5) is 5.69 Å². The van der Waals surface area contributed by atoms with E-state index in [9.17, 15) is 19.7 Å². The standard InChI is InChI=1S/C17H14BrNO6/c1-10(16(20)11-3-6-13(18)7-4-11)25-17(21)12-5-8-15(24-2)14(9-12)19(22)23/h3-10H,1-2H3/t10-/m1/s1. The zero-order chi connectivity index (χ0) is 18.6. The molecule has 0 aliphatic heterocycles. The molecule has 0 aromatic heterocycles. The number of carbonyl (C=O) groups is 2. The molecule has 0 saturated carbocycles. The molecule has 0 radical (unpaired) electrons. The number of methoxy groups -OCH3 is 1. The Morgan fingerprint density at radius 3 is 2.28 bits per heavy atom. The Balaban J connectivity index is 2.15. The third-order valence-corrected chi connectivity index (χ3v) is 3.92. The normalized spacial score (nSPS) is 11.5. The topological polar surface area (TPSA) is 95.7 Å². The molecule has 0 N–H and O–H groups in total. The Hall–Kier alpha value is -2.74. The molecule has 7 nitrogen and oxygen atoms in total. The highest BCUT2D eigenvalue weighted by Gasteiger charge is 2.23. The van der Waals surface area contributed by atoms with Gasteiger partial charge in [-0.2, -0.15) is 0 Å². The van der Waals surface area contributed by atoms with Crippen LogP contribution in [0.1, 0.15) is 27.6 Å². The van der Waals surface area contributed by atoms with Gasteiger partial charge in [0.1, 0.15) is 0 Å². The Morgan fingerprint density at radius 2 is 1.72 bits per heavy atom. The highest BCUT2D eigenvalue weighted by molar-refractivity contribution is 9.10. The first-order chi connectivity index (χ1) is 11.8. The third kappa shape index (κ3) is 4.42. The first-order valence-electron chi connectivity index (χ1n) is 7.16. The van der Waals surface area contributed by atoms with Crippen LogP contribution >= 0.6 is 15.9 Å². The fourth-order valence-electron chi connectivity index (χ4n) is 2.09. The van der Waals surface area contributed by atoms with Gasteiger partial charge in [0, 0.05) is 16.1 Å². The van der Waals surface area contributed by atoms with Crippen molar-refractivity contribution >= 4 is 33.4 Å². The van der Waals surface area contributed by atoms with Crippen molar-refractivity contribution in [2.45, 2.75) is 13.0 Å². The number of rotatable bonds is 6. The molecular weight excluding hydrogens is 394 g/mol. The van der Waals surface area contributed by atoms with Gasteiger partial charge in [-0.3, -0.25) is 14.9 Å². The highest BCUT2D eigenvalue weighted by atomic mass is 79.9. The van der Waals surface area contributed by atoms with E-state index >= 15 is 0 Å². The molecule has 0 fully saturated rings. The molecule has 0 aliphatic carbocycles. The van der Waals surface area contributed by atoms with Gasteiger partial charge in [0.15, 0.2) is 11.9 Å². The second-order valence-corrected chi connectivity index (χ2v) is 5.98. The average molecular weight is 408 g/mol. The Kier molecular flexibility index (Phi) is 5.87. The Morgan fingerprint density at radius 1 is 1.12 bits per heavy atom. The second kappa shape index (κ2) is 7.89. The first kappa shape index (κ1) is 18.6. The molecule has 2 aromatic rings. The molecule has 0 amide bonds. The van der Waals surface area contributed by atoms with Gasteiger partial charge in [-0.1, -0.05) is 28.1 Å². The molecule has 130 valence electrons. The number of ether oxygens (including phenoxy) is 2. The summed E-state index contributed by atoms with van der Waals surface area (Å²) in [4.78, 5) is 34.8. The molecule has 0 bridgehead atoms. The van der Waals surface area contributed by atoms with Gasteiger partial charge >= 0.3 is 11.7 Å². The van der Waals surface area contributed by atoms with E-state index in [0.717, 1.165) is 10.5 Å². The summed E-state index contributed by atoms with van der Waals surface area (Å²) in [5, 5.41) is 11.0. The number of esters is 1. The molecule has 0 saturated heterocycles.